The summed E-state index contributed by atoms with van der Waals surface area (Å²) < 4.78 is 2.14. The Kier molecular flexibility index (Phi) is 6.95. The molecule has 34 heavy (non-hydrogen) atoms. The van der Waals surface area contributed by atoms with Crippen LogP contribution in [-0.4, -0.2) is 21.3 Å². The van der Waals surface area contributed by atoms with Crippen LogP contribution in [0.25, 0.3) is 5.65 Å². The van der Waals surface area contributed by atoms with Gasteiger partial charge in [-0.15, -0.1) is 0 Å². The minimum Gasteiger partial charge on any atom is -0.367 e. The number of hydrogen-bond acceptors (Lipinski definition) is 4. The van der Waals surface area contributed by atoms with E-state index in [1.807, 2.05) is 42.6 Å². The minimum atomic E-state index is -0.0902. The first-order valence-corrected chi connectivity index (χ1v) is 12.7. The number of nitrogens with two attached hydrogens (primary N) is 1. The highest BCUT2D eigenvalue weighted by Crippen LogP contribution is 2.35. The van der Waals surface area contributed by atoms with Crippen molar-refractivity contribution < 1.29 is 4.79 Å². The maximum atomic E-state index is 12.9. The number of hydrogen-bond donors (Lipinski definition) is 3. The number of nitrogens with zero attached hydrogens (tertiary/aromatic N) is 2. The van der Waals surface area contributed by atoms with Crippen LogP contribution < -0.4 is 16.4 Å². The number of imidazole rings is 1. The van der Waals surface area contributed by atoms with Gasteiger partial charge < -0.3 is 16.4 Å². The molecule has 2 heterocycles. The number of fused-ring (bicyclic) bond motifs is 1. The predicted molar refractivity (Wildman–Crippen MR) is 137 cm³/mol. The average Bonchev–Trinajstić information content (AvgIpc) is 3.26. The molecular weight excluding hydrogens is 422 g/mol. The summed E-state index contributed by atoms with van der Waals surface area (Å²) in [6.45, 7) is 0.967. The second-order valence-electron chi connectivity index (χ2n) is 9.66. The van der Waals surface area contributed by atoms with Crippen molar-refractivity contribution in [3.8, 4) is 0 Å². The lowest BCUT2D eigenvalue weighted by molar-refractivity contribution is 0.0951. The van der Waals surface area contributed by atoms with Crippen molar-refractivity contribution in [1.82, 2.24) is 14.7 Å². The summed E-state index contributed by atoms with van der Waals surface area (Å²) in [5.74, 6) is 1.45. The van der Waals surface area contributed by atoms with Crippen LogP contribution in [0.4, 0.5) is 5.82 Å². The van der Waals surface area contributed by atoms with E-state index < -0.39 is 0 Å². The number of amides is 1. The van der Waals surface area contributed by atoms with Gasteiger partial charge in [0.2, 0.25) is 0 Å². The van der Waals surface area contributed by atoms with E-state index in [2.05, 4.69) is 27.2 Å². The van der Waals surface area contributed by atoms with Gasteiger partial charge in [-0.25, -0.2) is 4.98 Å². The fourth-order valence-electron chi connectivity index (χ4n) is 5.27. The number of pyridine rings is 1. The lowest BCUT2D eigenvalue weighted by Gasteiger charge is -2.25. The van der Waals surface area contributed by atoms with Crippen molar-refractivity contribution in [3.63, 3.8) is 0 Å². The Morgan fingerprint density at radius 3 is 2.71 bits per heavy atom. The van der Waals surface area contributed by atoms with E-state index in [1.54, 1.807) is 0 Å². The Bertz CT molecular complexity index is 1170. The first-order valence-electron chi connectivity index (χ1n) is 12.7. The van der Waals surface area contributed by atoms with E-state index in [4.69, 9.17) is 10.7 Å². The third kappa shape index (κ3) is 5.02. The SMILES string of the molecule is NCc1cccc(CNC(=O)c2ccn3c(NC4CCCCC4)c(C4CC=CCC4)nc3c2)c1. The summed E-state index contributed by atoms with van der Waals surface area (Å²) in [5.41, 5.74) is 10.5. The monoisotopic (exact) mass is 457 g/mol. The molecule has 5 rings (SSSR count). The van der Waals surface area contributed by atoms with Gasteiger partial charge in [0, 0.05) is 36.8 Å². The van der Waals surface area contributed by atoms with E-state index in [0.29, 0.717) is 30.6 Å². The number of anilines is 1. The largest absolute Gasteiger partial charge is 0.367 e. The van der Waals surface area contributed by atoms with Gasteiger partial charge >= 0.3 is 0 Å². The molecule has 4 N–H and O–H groups in total. The molecule has 178 valence electrons. The van der Waals surface area contributed by atoms with Crippen molar-refractivity contribution in [2.45, 2.75) is 76.4 Å². The smallest absolute Gasteiger partial charge is 0.251 e. The number of carbonyl (C=O) groups is 1. The van der Waals surface area contributed by atoms with Crippen molar-refractivity contribution >= 4 is 17.4 Å². The lowest BCUT2D eigenvalue weighted by Crippen LogP contribution is -2.24. The summed E-state index contributed by atoms with van der Waals surface area (Å²) in [4.78, 5) is 18.0. The van der Waals surface area contributed by atoms with Gasteiger partial charge in [0.1, 0.15) is 11.5 Å². The fourth-order valence-corrected chi connectivity index (χ4v) is 5.27. The summed E-state index contributed by atoms with van der Waals surface area (Å²) in [6.07, 6.45) is 16.1. The Morgan fingerprint density at radius 1 is 1.06 bits per heavy atom. The van der Waals surface area contributed by atoms with Crippen molar-refractivity contribution in [1.29, 1.82) is 0 Å². The van der Waals surface area contributed by atoms with Gasteiger partial charge in [0.15, 0.2) is 0 Å². The molecule has 2 aliphatic rings. The zero-order valence-electron chi connectivity index (χ0n) is 19.8. The molecule has 0 aliphatic heterocycles. The molecule has 6 nitrogen and oxygen atoms in total. The highest BCUT2D eigenvalue weighted by Gasteiger charge is 2.24. The van der Waals surface area contributed by atoms with Crippen LogP contribution in [0.3, 0.4) is 0 Å². The van der Waals surface area contributed by atoms with Gasteiger partial charge in [-0.2, -0.15) is 0 Å². The molecule has 1 saturated carbocycles. The van der Waals surface area contributed by atoms with E-state index in [-0.39, 0.29) is 5.91 Å². The Hall–Kier alpha value is -3.12. The second kappa shape index (κ2) is 10.4. The van der Waals surface area contributed by atoms with E-state index in [1.165, 1.54) is 32.1 Å². The van der Waals surface area contributed by atoms with Crippen LogP contribution in [0.15, 0.2) is 54.7 Å². The van der Waals surface area contributed by atoms with Crippen LogP contribution in [0, 0.1) is 0 Å². The number of allylic oxidation sites excluding steroid dienone is 2. The van der Waals surface area contributed by atoms with Gasteiger partial charge in [-0.3, -0.25) is 9.20 Å². The average molecular weight is 458 g/mol. The van der Waals surface area contributed by atoms with Crippen LogP contribution in [-0.2, 0) is 13.1 Å². The number of benzene rings is 1. The highest BCUT2D eigenvalue weighted by atomic mass is 16.1. The maximum Gasteiger partial charge on any atom is 0.251 e. The quantitative estimate of drug-likeness (QED) is 0.421. The third-order valence-electron chi connectivity index (χ3n) is 7.20. The first kappa shape index (κ1) is 22.7. The van der Waals surface area contributed by atoms with Crippen molar-refractivity contribution in [2.75, 3.05) is 5.32 Å². The molecule has 0 bridgehead atoms. The Labute approximate surface area is 201 Å². The predicted octanol–water partition coefficient (Wildman–Crippen LogP) is 5.29. The molecule has 1 fully saturated rings. The Morgan fingerprint density at radius 2 is 1.91 bits per heavy atom. The summed E-state index contributed by atoms with van der Waals surface area (Å²) in [6, 6.07) is 12.3. The van der Waals surface area contributed by atoms with Gasteiger partial charge in [-0.1, -0.05) is 55.7 Å². The number of nitrogens with one attached hydrogen (secondary N) is 2. The molecule has 0 radical (unpaired) electrons. The van der Waals surface area contributed by atoms with E-state index in [9.17, 15) is 4.79 Å². The number of aromatic nitrogens is 2. The molecule has 0 spiro atoms. The van der Waals surface area contributed by atoms with Gasteiger partial charge in [0.25, 0.3) is 5.91 Å². The highest BCUT2D eigenvalue weighted by molar-refractivity contribution is 5.95. The summed E-state index contributed by atoms with van der Waals surface area (Å²) >= 11 is 0. The molecule has 1 aromatic carbocycles. The molecule has 0 saturated heterocycles. The zero-order chi connectivity index (χ0) is 23.3. The molecular formula is C28H35N5O. The topological polar surface area (TPSA) is 84.5 Å². The fraction of sp³-hybridized carbons (Fsp3) is 0.429. The molecule has 6 heteroatoms. The number of rotatable bonds is 7. The summed E-state index contributed by atoms with van der Waals surface area (Å²) in [5, 5.41) is 6.88. The van der Waals surface area contributed by atoms with Gasteiger partial charge in [0.05, 0.1) is 5.69 Å². The summed E-state index contributed by atoms with van der Waals surface area (Å²) in [7, 11) is 0. The minimum absolute atomic E-state index is 0.0902. The first-order chi connectivity index (χ1) is 16.7. The van der Waals surface area contributed by atoms with E-state index in [0.717, 1.165) is 47.5 Å². The van der Waals surface area contributed by atoms with Crippen LogP contribution in [0.1, 0.15) is 84.5 Å². The van der Waals surface area contributed by atoms with Crippen molar-refractivity contribution in [3.05, 3.63) is 77.1 Å². The molecule has 1 unspecified atom stereocenters. The second-order valence-corrected chi connectivity index (χ2v) is 9.66. The molecule has 1 atom stereocenters. The van der Waals surface area contributed by atoms with Crippen LogP contribution >= 0.6 is 0 Å². The Balaban J connectivity index is 1.39. The number of carbonyl (C=O) groups excluding carboxylic acids is 1. The van der Waals surface area contributed by atoms with Crippen LogP contribution in [0.5, 0.6) is 0 Å². The van der Waals surface area contributed by atoms with Gasteiger partial charge in [-0.05, 0) is 55.4 Å². The van der Waals surface area contributed by atoms with E-state index >= 15 is 0 Å². The maximum absolute atomic E-state index is 12.9. The molecule has 2 aliphatic carbocycles. The normalized spacial score (nSPS) is 18.8. The lowest BCUT2D eigenvalue weighted by atomic mass is 9.91. The van der Waals surface area contributed by atoms with Crippen molar-refractivity contribution in [2.24, 2.45) is 5.73 Å². The molecule has 2 aromatic heterocycles. The standard InChI is InChI=1S/C28H35N5O/c29-18-20-8-7-9-21(16-20)19-30-28(34)23-14-15-33-25(17-23)32-26(22-10-3-1-4-11-22)27(33)31-24-12-5-2-6-13-24/h1,3,7-9,14-17,22,24,31H,2,4-6,10-13,18-19,29H2,(H,30,34). The third-order valence-corrected chi connectivity index (χ3v) is 7.20. The molecule has 1 amide bonds. The van der Waals surface area contributed by atoms with Crippen LogP contribution in [0.2, 0.25) is 0 Å². The molecule has 3 aromatic rings. The zero-order valence-corrected chi connectivity index (χ0v) is 19.8.